The van der Waals surface area contributed by atoms with Crippen LogP contribution in [0.2, 0.25) is 0 Å². The van der Waals surface area contributed by atoms with E-state index in [-0.39, 0.29) is 40.0 Å². The first-order valence-electron chi connectivity index (χ1n) is 12.0. The molecule has 8 nitrogen and oxygen atoms in total. The molecule has 0 saturated heterocycles. The number of anilines is 1. The minimum Gasteiger partial charge on any atom is -0.474 e. The number of thioether (sulfide) groups is 1. The van der Waals surface area contributed by atoms with E-state index in [1.165, 1.54) is 34.9 Å². The molecule has 3 unspecified atom stereocenters. The smallest absolute Gasteiger partial charge is 0.410 e. The average molecular weight is 532 g/mol. The van der Waals surface area contributed by atoms with E-state index < -0.39 is 29.4 Å². The largest absolute Gasteiger partial charge is 0.474 e. The van der Waals surface area contributed by atoms with Gasteiger partial charge in [0.1, 0.15) is 39.9 Å². The standard InChI is InChI=1S/C26H31F2N5O3S/c1-13-14(2)35-23-18-21(19(28)20(30-23)15-10-8-9-11-16(15)27)31-24(37-7)32-22(18)29-12-17(13)33(6)25(34)36-26(3,4)5/h8-11,13-14,17H,12H2,1-7H3,(H,29,31,32). The van der Waals surface area contributed by atoms with Crippen molar-refractivity contribution < 1.29 is 23.0 Å². The zero-order chi connectivity index (χ0) is 27.1. The first-order valence-corrected chi connectivity index (χ1v) is 13.2. The predicted octanol–water partition coefficient (Wildman–Crippen LogP) is 5.76. The molecule has 1 N–H and O–H groups in total. The van der Waals surface area contributed by atoms with Crippen LogP contribution < -0.4 is 10.1 Å². The van der Waals surface area contributed by atoms with Gasteiger partial charge in [0.25, 0.3) is 0 Å². The number of nitrogens with one attached hydrogen (secondary N) is 1. The topological polar surface area (TPSA) is 89.5 Å². The molecule has 0 spiro atoms. The highest BCUT2D eigenvalue weighted by Gasteiger charge is 2.35. The molecule has 4 rings (SSSR count). The molecule has 37 heavy (non-hydrogen) atoms. The van der Waals surface area contributed by atoms with Crippen molar-refractivity contribution in [1.29, 1.82) is 0 Å². The van der Waals surface area contributed by atoms with Crippen LogP contribution in [0.3, 0.4) is 0 Å². The molecule has 0 fully saturated rings. The minimum atomic E-state index is -0.768. The predicted molar refractivity (Wildman–Crippen MR) is 140 cm³/mol. The van der Waals surface area contributed by atoms with Crippen molar-refractivity contribution in [3.05, 3.63) is 35.9 Å². The van der Waals surface area contributed by atoms with Gasteiger partial charge in [-0.3, -0.25) is 0 Å². The van der Waals surface area contributed by atoms with Crippen LogP contribution in [-0.2, 0) is 4.74 Å². The number of hydrogen-bond acceptors (Lipinski definition) is 8. The van der Waals surface area contributed by atoms with Crippen LogP contribution in [0.25, 0.3) is 22.2 Å². The number of nitrogens with zero attached hydrogens (tertiary/aromatic N) is 4. The average Bonchev–Trinajstić information content (AvgIpc) is 2.88. The van der Waals surface area contributed by atoms with Gasteiger partial charge in [-0.25, -0.2) is 28.5 Å². The highest BCUT2D eigenvalue weighted by molar-refractivity contribution is 7.98. The van der Waals surface area contributed by atoms with E-state index in [9.17, 15) is 9.18 Å². The van der Waals surface area contributed by atoms with Crippen LogP contribution in [0.15, 0.2) is 29.4 Å². The van der Waals surface area contributed by atoms with Crippen molar-refractivity contribution in [2.24, 2.45) is 5.92 Å². The zero-order valence-corrected chi connectivity index (χ0v) is 22.7. The number of hydrogen-bond donors (Lipinski definition) is 1. The number of ether oxygens (including phenoxy) is 2. The molecule has 1 aliphatic rings. The second-order valence-electron chi connectivity index (χ2n) is 10.1. The van der Waals surface area contributed by atoms with Gasteiger partial charge in [-0.2, -0.15) is 0 Å². The van der Waals surface area contributed by atoms with Gasteiger partial charge in [0.15, 0.2) is 11.0 Å². The molecule has 3 aromatic rings. The molecule has 2 aromatic heterocycles. The highest BCUT2D eigenvalue weighted by atomic mass is 32.2. The fourth-order valence-corrected chi connectivity index (χ4v) is 4.56. The van der Waals surface area contributed by atoms with Crippen LogP contribution in [0.1, 0.15) is 34.6 Å². The zero-order valence-electron chi connectivity index (χ0n) is 21.9. The molecule has 0 bridgehead atoms. The molecular formula is C26H31F2N5O3S. The molecule has 1 amide bonds. The van der Waals surface area contributed by atoms with E-state index >= 15 is 4.39 Å². The number of amides is 1. The lowest BCUT2D eigenvalue weighted by Gasteiger charge is -2.36. The summed E-state index contributed by atoms with van der Waals surface area (Å²) in [5.41, 5.74) is -0.874. The molecule has 1 aromatic carbocycles. The second kappa shape index (κ2) is 10.3. The maximum absolute atomic E-state index is 15.9. The van der Waals surface area contributed by atoms with Crippen LogP contribution in [0, 0.1) is 17.6 Å². The van der Waals surface area contributed by atoms with Gasteiger partial charge in [0, 0.05) is 25.1 Å². The lowest BCUT2D eigenvalue weighted by atomic mass is 9.95. The van der Waals surface area contributed by atoms with E-state index in [1.54, 1.807) is 40.1 Å². The summed E-state index contributed by atoms with van der Waals surface area (Å²) >= 11 is 1.24. The van der Waals surface area contributed by atoms with Crippen LogP contribution >= 0.6 is 11.8 Å². The number of halogens is 2. The summed E-state index contributed by atoms with van der Waals surface area (Å²) in [6.45, 7) is 9.51. The number of benzene rings is 1. The first kappa shape index (κ1) is 26.8. The maximum atomic E-state index is 15.9. The third-order valence-electron chi connectivity index (χ3n) is 6.35. The molecular weight excluding hydrogens is 500 g/mol. The third-order valence-corrected chi connectivity index (χ3v) is 6.89. The number of rotatable bonds is 3. The van der Waals surface area contributed by atoms with Gasteiger partial charge in [-0.15, -0.1) is 0 Å². The second-order valence-corrected chi connectivity index (χ2v) is 10.8. The number of carbonyl (C=O) groups excluding carboxylic acids is 1. The Kier molecular flexibility index (Phi) is 7.45. The summed E-state index contributed by atoms with van der Waals surface area (Å²) in [7, 11) is 1.67. The maximum Gasteiger partial charge on any atom is 0.410 e. The van der Waals surface area contributed by atoms with Crippen LogP contribution in [-0.4, -0.2) is 63.5 Å². The Hall–Kier alpha value is -3.21. The van der Waals surface area contributed by atoms with E-state index in [1.807, 2.05) is 13.8 Å². The molecule has 11 heteroatoms. The number of likely N-dealkylation sites (N-methyl/N-ethyl adjacent to an activating group) is 1. The van der Waals surface area contributed by atoms with E-state index in [2.05, 4.69) is 20.3 Å². The SMILES string of the molecule is CSc1nc2c3c(nc(-c4ccccc4F)c(F)c3n1)OC(C)C(C)C(N(C)C(=O)OC(C)(C)C)CN2. The fraction of sp³-hybridized carbons (Fsp3) is 0.462. The normalized spacial score (nSPS) is 19.8. The van der Waals surface area contributed by atoms with Gasteiger partial charge >= 0.3 is 6.09 Å². The summed E-state index contributed by atoms with van der Waals surface area (Å²) < 4.78 is 42.4. The van der Waals surface area contributed by atoms with Crippen molar-refractivity contribution in [2.75, 3.05) is 25.2 Å². The number of aromatic nitrogens is 3. The highest BCUT2D eigenvalue weighted by Crippen LogP contribution is 2.39. The summed E-state index contributed by atoms with van der Waals surface area (Å²) in [6, 6.07) is 5.48. The monoisotopic (exact) mass is 531 g/mol. The van der Waals surface area contributed by atoms with Crippen molar-refractivity contribution in [3.8, 4) is 17.1 Å². The summed E-state index contributed by atoms with van der Waals surface area (Å²) in [6.07, 6.45) is 0.844. The lowest BCUT2D eigenvalue weighted by molar-refractivity contribution is 0.0109. The van der Waals surface area contributed by atoms with Crippen molar-refractivity contribution in [1.82, 2.24) is 19.9 Å². The molecule has 0 aliphatic carbocycles. The van der Waals surface area contributed by atoms with Crippen molar-refractivity contribution >= 4 is 34.6 Å². The Bertz CT molecular complexity index is 1330. The first-order chi connectivity index (χ1) is 17.4. The molecule has 198 valence electrons. The van der Waals surface area contributed by atoms with Gasteiger partial charge in [0.2, 0.25) is 5.88 Å². The molecule has 3 heterocycles. The van der Waals surface area contributed by atoms with Crippen LogP contribution in [0.4, 0.5) is 19.4 Å². The van der Waals surface area contributed by atoms with Crippen LogP contribution in [0.5, 0.6) is 5.88 Å². The quantitative estimate of drug-likeness (QED) is 0.337. The van der Waals surface area contributed by atoms with E-state index in [0.717, 1.165) is 0 Å². The molecule has 0 saturated carbocycles. The Morgan fingerprint density at radius 1 is 1.19 bits per heavy atom. The Morgan fingerprint density at radius 2 is 1.89 bits per heavy atom. The lowest BCUT2D eigenvalue weighted by Crippen LogP contribution is -2.50. The van der Waals surface area contributed by atoms with E-state index in [0.29, 0.717) is 17.5 Å². The van der Waals surface area contributed by atoms with Gasteiger partial charge in [-0.1, -0.05) is 30.8 Å². The summed E-state index contributed by atoms with van der Waals surface area (Å²) in [5.74, 6) is -1.17. The summed E-state index contributed by atoms with van der Waals surface area (Å²) in [5, 5.41) is 3.85. The Labute approximate surface area is 219 Å². The van der Waals surface area contributed by atoms with Gasteiger partial charge < -0.3 is 19.7 Å². The minimum absolute atomic E-state index is 0.00341. The molecule has 1 aliphatic heterocycles. The summed E-state index contributed by atoms with van der Waals surface area (Å²) in [4.78, 5) is 27.8. The number of carbonyl (C=O) groups is 1. The Balaban J connectivity index is 1.86. The van der Waals surface area contributed by atoms with Gasteiger partial charge in [0.05, 0.1) is 6.04 Å². The number of pyridine rings is 1. The van der Waals surface area contributed by atoms with Crippen molar-refractivity contribution in [2.45, 2.75) is 57.5 Å². The molecule has 0 radical (unpaired) electrons. The Morgan fingerprint density at radius 3 is 2.54 bits per heavy atom. The van der Waals surface area contributed by atoms with E-state index in [4.69, 9.17) is 9.47 Å². The van der Waals surface area contributed by atoms with Crippen molar-refractivity contribution in [3.63, 3.8) is 0 Å². The third kappa shape index (κ3) is 5.41. The fourth-order valence-electron chi connectivity index (χ4n) is 4.20. The van der Waals surface area contributed by atoms with Gasteiger partial charge in [-0.05, 0) is 46.1 Å². The molecule has 3 atom stereocenters.